The highest BCUT2D eigenvalue weighted by atomic mass is 32.2. The van der Waals surface area contributed by atoms with Gasteiger partial charge in [0.1, 0.15) is 6.04 Å². The van der Waals surface area contributed by atoms with E-state index < -0.39 is 16.9 Å². The molecule has 1 heterocycles. The van der Waals surface area contributed by atoms with Crippen LogP contribution in [0, 0.1) is 10.1 Å². The molecule has 7 nitrogen and oxygen atoms in total. The Kier molecular flexibility index (Phi) is 4.27. The second kappa shape index (κ2) is 5.96. The molecule has 0 spiro atoms. The Bertz CT molecular complexity index is 643. The lowest BCUT2D eigenvalue weighted by atomic mass is 10.1. The van der Waals surface area contributed by atoms with Crippen LogP contribution >= 0.6 is 11.8 Å². The Balaban J connectivity index is 2.46. The average molecular weight is 308 g/mol. The van der Waals surface area contributed by atoms with E-state index in [2.05, 4.69) is 0 Å². The van der Waals surface area contributed by atoms with E-state index in [0.717, 1.165) is 4.90 Å². The van der Waals surface area contributed by atoms with Crippen molar-refractivity contribution >= 4 is 35.0 Å². The summed E-state index contributed by atoms with van der Waals surface area (Å²) < 4.78 is 0. The zero-order chi connectivity index (χ0) is 15.6. The van der Waals surface area contributed by atoms with Gasteiger partial charge in [-0.05, 0) is 12.3 Å². The number of carbonyl (C=O) groups excluding carboxylic acids is 1. The molecule has 1 aliphatic rings. The third kappa shape index (κ3) is 3.05. The summed E-state index contributed by atoms with van der Waals surface area (Å²) in [6.45, 7) is 1.40. The summed E-state index contributed by atoms with van der Waals surface area (Å²) in [4.78, 5) is 34.6. The molecule has 0 radical (unpaired) electrons. The molecular formula is C13H12N2O5S. The minimum Gasteiger partial charge on any atom is -0.480 e. The number of non-ortho nitro benzene ring substituents is 1. The predicted octanol–water partition coefficient (Wildman–Crippen LogP) is 1.94. The van der Waals surface area contributed by atoms with Crippen LogP contribution in [0.5, 0.6) is 0 Å². The number of amides is 1. The standard InChI is InChI=1S/C13H12N2O5S/c1-8(13(17)18)14-11(6-21-7-12(14)16)9-3-2-4-10(5-9)15(19)20/h2-6,8H,7H2,1H3,(H,17,18). The number of nitro groups is 1. The van der Waals surface area contributed by atoms with Crippen LogP contribution in [0.1, 0.15) is 12.5 Å². The van der Waals surface area contributed by atoms with Gasteiger partial charge in [0.15, 0.2) is 0 Å². The van der Waals surface area contributed by atoms with Crippen molar-refractivity contribution in [1.29, 1.82) is 0 Å². The van der Waals surface area contributed by atoms with E-state index in [0.29, 0.717) is 11.3 Å². The van der Waals surface area contributed by atoms with E-state index in [9.17, 15) is 19.7 Å². The maximum Gasteiger partial charge on any atom is 0.326 e. The molecule has 0 fully saturated rings. The molecule has 2 rings (SSSR count). The number of nitrogens with zero attached hydrogens (tertiary/aromatic N) is 2. The van der Waals surface area contributed by atoms with Crippen LogP contribution < -0.4 is 0 Å². The minimum atomic E-state index is -1.13. The van der Waals surface area contributed by atoms with Crippen molar-refractivity contribution in [1.82, 2.24) is 4.90 Å². The molecule has 21 heavy (non-hydrogen) atoms. The van der Waals surface area contributed by atoms with Gasteiger partial charge < -0.3 is 5.11 Å². The number of nitro benzene ring substituents is 1. The molecule has 0 saturated carbocycles. The minimum absolute atomic E-state index is 0.112. The van der Waals surface area contributed by atoms with E-state index in [1.807, 2.05) is 0 Å². The van der Waals surface area contributed by atoms with Crippen LogP contribution in [0.15, 0.2) is 29.7 Å². The molecule has 0 bridgehead atoms. The molecule has 1 aromatic rings. The zero-order valence-electron chi connectivity index (χ0n) is 11.1. The third-order valence-electron chi connectivity index (χ3n) is 3.03. The molecule has 0 aromatic heterocycles. The first-order chi connectivity index (χ1) is 9.91. The van der Waals surface area contributed by atoms with Crippen LogP contribution in [0.25, 0.3) is 5.70 Å². The molecule has 0 aliphatic carbocycles. The molecule has 1 unspecified atom stereocenters. The van der Waals surface area contributed by atoms with Crippen molar-refractivity contribution in [3.63, 3.8) is 0 Å². The van der Waals surface area contributed by atoms with Crippen molar-refractivity contribution in [3.05, 3.63) is 45.4 Å². The van der Waals surface area contributed by atoms with Gasteiger partial charge in [0, 0.05) is 17.7 Å². The lowest BCUT2D eigenvalue weighted by molar-refractivity contribution is -0.384. The number of carbonyl (C=O) groups is 2. The smallest absolute Gasteiger partial charge is 0.326 e. The molecule has 1 N–H and O–H groups in total. The second-order valence-electron chi connectivity index (χ2n) is 4.40. The first-order valence-electron chi connectivity index (χ1n) is 6.03. The average Bonchev–Trinajstić information content (AvgIpc) is 2.46. The topological polar surface area (TPSA) is 101 Å². The molecular weight excluding hydrogens is 296 g/mol. The summed E-state index contributed by atoms with van der Waals surface area (Å²) in [6.07, 6.45) is 0. The maximum atomic E-state index is 12.0. The number of carboxylic acid groups (broad SMARTS) is 1. The van der Waals surface area contributed by atoms with Crippen LogP contribution in [-0.4, -0.2) is 38.6 Å². The third-order valence-corrected chi connectivity index (χ3v) is 3.83. The number of benzene rings is 1. The monoisotopic (exact) mass is 308 g/mol. The van der Waals surface area contributed by atoms with E-state index >= 15 is 0 Å². The fraction of sp³-hybridized carbons (Fsp3) is 0.231. The molecule has 0 saturated heterocycles. The van der Waals surface area contributed by atoms with Gasteiger partial charge in [-0.1, -0.05) is 12.1 Å². The van der Waals surface area contributed by atoms with Gasteiger partial charge in [0.25, 0.3) is 5.69 Å². The molecule has 1 aromatic carbocycles. The predicted molar refractivity (Wildman–Crippen MR) is 77.5 cm³/mol. The lowest BCUT2D eigenvalue weighted by Gasteiger charge is -2.31. The van der Waals surface area contributed by atoms with Crippen molar-refractivity contribution in [2.45, 2.75) is 13.0 Å². The van der Waals surface area contributed by atoms with Crippen LogP contribution in [0.3, 0.4) is 0 Å². The van der Waals surface area contributed by atoms with Gasteiger partial charge in [-0.2, -0.15) is 0 Å². The van der Waals surface area contributed by atoms with Gasteiger partial charge in [-0.15, -0.1) is 11.8 Å². The Morgan fingerprint density at radius 1 is 1.52 bits per heavy atom. The maximum absolute atomic E-state index is 12.0. The van der Waals surface area contributed by atoms with Gasteiger partial charge in [0.2, 0.25) is 5.91 Å². The van der Waals surface area contributed by atoms with E-state index in [4.69, 9.17) is 5.11 Å². The second-order valence-corrected chi connectivity index (χ2v) is 5.26. The van der Waals surface area contributed by atoms with Gasteiger partial charge in [-0.25, -0.2) is 4.79 Å². The number of carboxylic acids is 1. The van der Waals surface area contributed by atoms with Crippen LogP contribution in [0.4, 0.5) is 5.69 Å². The fourth-order valence-electron chi connectivity index (χ4n) is 1.97. The fourth-order valence-corrected chi connectivity index (χ4v) is 2.75. The number of hydrogen-bond donors (Lipinski definition) is 1. The number of aliphatic carboxylic acids is 1. The molecule has 8 heteroatoms. The highest BCUT2D eigenvalue weighted by Gasteiger charge is 2.32. The highest BCUT2D eigenvalue weighted by molar-refractivity contribution is 8.03. The first kappa shape index (κ1) is 15.0. The zero-order valence-corrected chi connectivity index (χ0v) is 11.9. The summed E-state index contributed by atoms with van der Waals surface area (Å²) in [5.74, 6) is -1.32. The number of hydrogen-bond acceptors (Lipinski definition) is 5. The van der Waals surface area contributed by atoms with Crippen molar-refractivity contribution < 1.29 is 19.6 Å². The van der Waals surface area contributed by atoms with Crippen molar-refractivity contribution in [2.24, 2.45) is 0 Å². The largest absolute Gasteiger partial charge is 0.480 e. The van der Waals surface area contributed by atoms with Crippen molar-refractivity contribution in [2.75, 3.05) is 5.75 Å². The summed E-state index contributed by atoms with van der Waals surface area (Å²) >= 11 is 1.24. The van der Waals surface area contributed by atoms with E-state index in [1.54, 1.807) is 11.5 Å². The molecule has 110 valence electrons. The van der Waals surface area contributed by atoms with Crippen molar-refractivity contribution in [3.8, 4) is 0 Å². The normalized spacial score (nSPS) is 16.3. The SMILES string of the molecule is CC(C(=O)O)N1C(=O)CSC=C1c1cccc([N+](=O)[O-])c1. The first-order valence-corrected chi connectivity index (χ1v) is 7.08. The number of rotatable bonds is 4. The molecule has 1 atom stereocenters. The Hall–Kier alpha value is -2.35. The van der Waals surface area contributed by atoms with E-state index in [-0.39, 0.29) is 17.3 Å². The molecule has 1 aliphatic heterocycles. The summed E-state index contributed by atoms with van der Waals surface area (Å²) in [5, 5.41) is 21.6. The van der Waals surface area contributed by atoms with Crippen LogP contribution in [0.2, 0.25) is 0 Å². The van der Waals surface area contributed by atoms with Gasteiger partial charge in [-0.3, -0.25) is 19.8 Å². The summed E-state index contributed by atoms with van der Waals surface area (Å²) in [6, 6.07) is 4.74. The lowest BCUT2D eigenvalue weighted by Crippen LogP contribution is -2.44. The summed E-state index contributed by atoms with van der Waals surface area (Å²) in [7, 11) is 0. The van der Waals surface area contributed by atoms with Gasteiger partial charge in [0.05, 0.1) is 16.4 Å². The molecule has 1 amide bonds. The van der Waals surface area contributed by atoms with Crippen LogP contribution in [-0.2, 0) is 9.59 Å². The van der Waals surface area contributed by atoms with E-state index in [1.165, 1.54) is 36.9 Å². The Morgan fingerprint density at radius 2 is 2.24 bits per heavy atom. The Morgan fingerprint density at radius 3 is 2.86 bits per heavy atom. The van der Waals surface area contributed by atoms with Gasteiger partial charge >= 0.3 is 5.97 Å². The quantitative estimate of drug-likeness (QED) is 0.674. The summed E-state index contributed by atoms with van der Waals surface area (Å²) in [5.41, 5.74) is 0.701. The number of thioether (sulfide) groups is 1. The highest BCUT2D eigenvalue weighted by Crippen LogP contribution is 2.31. The Labute approximate surface area is 124 Å².